The van der Waals surface area contributed by atoms with Gasteiger partial charge in [-0.3, -0.25) is 10.1 Å². The van der Waals surface area contributed by atoms with Crippen molar-refractivity contribution in [2.24, 2.45) is 0 Å². The minimum absolute atomic E-state index is 0.0877. The Morgan fingerprint density at radius 3 is 2.36 bits per heavy atom. The number of ether oxygens (including phenoxy) is 1. The predicted molar refractivity (Wildman–Crippen MR) is 108 cm³/mol. The van der Waals surface area contributed by atoms with Crippen molar-refractivity contribution in [1.29, 1.82) is 0 Å². The third-order valence-electron chi connectivity index (χ3n) is 3.04. The number of methoxy groups -OCH3 is 1. The van der Waals surface area contributed by atoms with Crippen LogP contribution in [0.4, 0.5) is 5.69 Å². The van der Waals surface area contributed by atoms with Crippen LogP contribution < -0.4 is 15.4 Å². The molecule has 0 aliphatic heterocycles. The van der Waals surface area contributed by atoms with Crippen LogP contribution >= 0.6 is 47.0 Å². The molecule has 2 rings (SSSR count). The topological polar surface area (TPSA) is 50.4 Å². The predicted octanol–water partition coefficient (Wildman–Crippen LogP) is 5.18. The molecule has 0 unspecified atom stereocenters. The molecule has 0 saturated heterocycles. The van der Waals surface area contributed by atoms with E-state index in [1.165, 1.54) is 18.2 Å². The number of hydrogen-bond acceptors (Lipinski definition) is 3. The number of carbonyl (C=O) groups excluding carboxylic acids is 1. The van der Waals surface area contributed by atoms with E-state index in [9.17, 15) is 4.79 Å². The molecule has 8 heteroatoms. The van der Waals surface area contributed by atoms with Crippen LogP contribution in [0, 0.1) is 0 Å². The summed E-state index contributed by atoms with van der Waals surface area (Å²) >= 11 is 22.9. The highest BCUT2D eigenvalue weighted by Gasteiger charge is 2.08. The van der Waals surface area contributed by atoms with Crippen LogP contribution in [0.1, 0.15) is 5.56 Å². The van der Waals surface area contributed by atoms with Gasteiger partial charge in [-0.15, -0.1) is 0 Å². The summed E-state index contributed by atoms with van der Waals surface area (Å²) in [6.45, 7) is 0. The number of halogens is 3. The van der Waals surface area contributed by atoms with Crippen molar-refractivity contribution in [3.8, 4) is 5.75 Å². The lowest BCUT2D eigenvalue weighted by Gasteiger charge is -2.10. The molecule has 0 bridgehead atoms. The van der Waals surface area contributed by atoms with E-state index in [1.54, 1.807) is 25.3 Å². The monoisotopic (exact) mass is 414 g/mol. The Morgan fingerprint density at radius 2 is 1.72 bits per heavy atom. The van der Waals surface area contributed by atoms with Gasteiger partial charge in [0.2, 0.25) is 5.91 Å². The van der Waals surface area contributed by atoms with E-state index in [1.807, 2.05) is 12.1 Å². The van der Waals surface area contributed by atoms with Gasteiger partial charge in [0.1, 0.15) is 5.75 Å². The largest absolute Gasteiger partial charge is 0.497 e. The molecule has 0 heterocycles. The summed E-state index contributed by atoms with van der Waals surface area (Å²) in [7, 11) is 1.59. The van der Waals surface area contributed by atoms with Crippen LogP contribution in [0.15, 0.2) is 42.5 Å². The van der Waals surface area contributed by atoms with E-state index >= 15 is 0 Å². The number of hydrogen-bond donors (Lipinski definition) is 2. The first-order chi connectivity index (χ1) is 11.9. The van der Waals surface area contributed by atoms with Gasteiger partial charge in [0, 0.05) is 6.08 Å². The van der Waals surface area contributed by atoms with E-state index in [-0.39, 0.29) is 11.0 Å². The fraction of sp³-hybridized carbons (Fsp3) is 0.0588. The fourth-order valence-electron chi connectivity index (χ4n) is 1.81. The molecule has 2 aromatic carbocycles. The van der Waals surface area contributed by atoms with E-state index in [4.69, 9.17) is 51.8 Å². The Balaban J connectivity index is 1.94. The number of anilines is 1. The van der Waals surface area contributed by atoms with Gasteiger partial charge in [-0.05, 0) is 48.1 Å². The van der Waals surface area contributed by atoms with Crippen LogP contribution in [0.25, 0.3) is 6.08 Å². The summed E-state index contributed by atoms with van der Waals surface area (Å²) in [5.74, 6) is 0.356. The summed E-state index contributed by atoms with van der Waals surface area (Å²) < 4.78 is 5.07. The number of carbonyl (C=O) groups is 1. The third kappa shape index (κ3) is 5.90. The highest BCUT2D eigenvalue weighted by atomic mass is 35.5. The summed E-state index contributed by atoms with van der Waals surface area (Å²) in [6.07, 6.45) is 3.02. The molecule has 0 saturated carbocycles. The SMILES string of the molecule is COc1ccc(/C=C/C(=O)NC(=S)Nc2cc(Cl)c(Cl)cc2Cl)cc1. The van der Waals surface area contributed by atoms with E-state index < -0.39 is 0 Å². The summed E-state index contributed by atoms with van der Waals surface area (Å²) in [6, 6.07) is 10.3. The second kappa shape index (κ2) is 9.06. The Kier molecular flexibility index (Phi) is 7.08. The molecule has 0 aromatic heterocycles. The Morgan fingerprint density at radius 1 is 1.08 bits per heavy atom. The lowest BCUT2D eigenvalue weighted by Crippen LogP contribution is -2.32. The van der Waals surface area contributed by atoms with E-state index in [2.05, 4.69) is 10.6 Å². The zero-order chi connectivity index (χ0) is 18.4. The smallest absolute Gasteiger partial charge is 0.250 e. The molecule has 25 heavy (non-hydrogen) atoms. The lowest BCUT2D eigenvalue weighted by molar-refractivity contribution is -0.115. The molecule has 0 fully saturated rings. The Bertz CT molecular complexity index is 823. The molecular formula is C17H13Cl3N2O2S. The highest BCUT2D eigenvalue weighted by Crippen LogP contribution is 2.32. The van der Waals surface area contributed by atoms with Gasteiger partial charge in [-0.25, -0.2) is 0 Å². The molecular weight excluding hydrogens is 403 g/mol. The van der Waals surface area contributed by atoms with Gasteiger partial charge in [0.05, 0.1) is 27.9 Å². The number of nitrogens with one attached hydrogen (secondary N) is 2. The maximum Gasteiger partial charge on any atom is 0.250 e. The lowest BCUT2D eigenvalue weighted by atomic mass is 10.2. The number of amides is 1. The van der Waals surface area contributed by atoms with Crippen molar-refractivity contribution in [2.45, 2.75) is 0 Å². The second-order valence-electron chi connectivity index (χ2n) is 4.80. The molecule has 2 N–H and O–H groups in total. The quantitative estimate of drug-likeness (QED) is 0.410. The van der Waals surface area contributed by atoms with Gasteiger partial charge in [0.25, 0.3) is 0 Å². The van der Waals surface area contributed by atoms with Crippen LogP contribution in [0.2, 0.25) is 15.1 Å². The minimum Gasteiger partial charge on any atom is -0.497 e. The molecule has 0 aliphatic carbocycles. The molecule has 130 valence electrons. The van der Waals surface area contributed by atoms with Crippen molar-refractivity contribution in [2.75, 3.05) is 12.4 Å². The van der Waals surface area contributed by atoms with Crippen LogP contribution in [0.3, 0.4) is 0 Å². The normalized spacial score (nSPS) is 10.6. The maximum atomic E-state index is 11.9. The number of benzene rings is 2. The van der Waals surface area contributed by atoms with Crippen LogP contribution in [-0.4, -0.2) is 18.1 Å². The van der Waals surface area contributed by atoms with E-state index in [0.29, 0.717) is 20.8 Å². The average molecular weight is 416 g/mol. The fourth-order valence-corrected chi connectivity index (χ4v) is 2.62. The van der Waals surface area contributed by atoms with Gasteiger partial charge >= 0.3 is 0 Å². The summed E-state index contributed by atoms with van der Waals surface area (Å²) in [5, 5.41) is 6.38. The van der Waals surface area contributed by atoms with Gasteiger partial charge in [-0.2, -0.15) is 0 Å². The molecule has 2 aromatic rings. The van der Waals surface area contributed by atoms with Gasteiger partial charge in [-0.1, -0.05) is 46.9 Å². The molecule has 0 radical (unpaired) electrons. The molecule has 0 atom stereocenters. The first-order valence-corrected chi connectivity index (χ1v) is 8.52. The third-order valence-corrected chi connectivity index (χ3v) is 4.28. The summed E-state index contributed by atoms with van der Waals surface area (Å²) in [5.41, 5.74) is 1.29. The standard InChI is InChI=1S/C17H13Cl3N2O2S/c1-24-11-5-2-10(3-6-11)4-7-16(23)22-17(25)21-15-9-13(19)12(18)8-14(15)20/h2-9H,1H3,(H2,21,22,23,25)/b7-4+. The van der Waals surface area contributed by atoms with Crippen LogP contribution in [-0.2, 0) is 4.79 Å². The van der Waals surface area contributed by atoms with Gasteiger partial charge < -0.3 is 10.1 Å². The zero-order valence-electron chi connectivity index (χ0n) is 13.0. The van der Waals surface area contributed by atoms with Crippen molar-refractivity contribution < 1.29 is 9.53 Å². The first kappa shape index (κ1) is 19.5. The molecule has 1 amide bonds. The van der Waals surface area contributed by atoms with Crippen molar-refractivity contribution in [3.63, 3.8) is 0 Å². The van der Waals surface area contributed by atoms with Crippen molar-refractivity contribution in [3.05, 3.63) is 63.1 Å². The Hall–Kier alpha value is -1.79. The van der Waals surface area contributed by atoms with E-state index in [0.717, 1.165) is 11.3 Å². The average Bonchev–Trinajstić information content (AvgIpc) is 2.58. The van der Waals surface area contributed by atoms with Crippen LogP contribution in [0.5, 0.6) is 5.75 Å². The first-order valence-electron chi connectivity index (χ1n) is 6.97. The minimum atomic E-state index is -0.385. The molecule has 0 spiro atoms. The Labute approximate surface area is 165 Å². The maximum absolute atomic E-state index is 11.9. The second-order valence-corrected chi connectivity index (χ2v) is 6.43. The zero-order valence-corrected chi connectivity index (χ0v) is 16.1. The van der Waals surface area contributed by atoms with Crippen molar-refractivity contribution in [1.82, 2.24) is 5.32 Å². The van der Waals surface area contributed by atoms with Gasteiger partial charge in [0.15, 0.2) is 5.11 Å². The number of rotatable bonds is 4. The highest BCUT2D eigenvalue weighted by molar-refractivity contribution is 7.80. The number of thiocarbonyl (C=S) groups is 1. The summed E-state index contributed by atoms with van der Waals surface area (Å²) in [4.78, 5) is 11.9. The molecule has 0 aliphatic rings. The van der Waals surface area contributed by atoms with Crippen molar-refractivity contribution >= 4 is 69.8 Å². The molecule has 4 nitrogen and oxygen atoms in total.